The molecule has 1 fully saturated rings. The summed E-state index contributed by atoms with van der Waals surface area (Å²) in [6.45, 7) is 6.67. The molecule has 1 aliphatic heterocycles. The van der Waals surface area contributed by atoms with Crippen LogP contribution < -0.4 is 10.1 Å². The largest absolute Gasteiger partial charge is 0.495 e. The molecule has 3 rings (SSSR count). The number of carbonyl (C=O) groups excluding carboxylic acids is 1. The third kappa shape index (κ3) is 5.38. The Morgan fingerprint density at radius 1 is 1.10 bits per heavy atom. The summed E-state index contributed by atoms with van der Waals surface area (Å²) < 4.78 is 30.9. The van der Waals surface area contributed by atoms with Gasteiger partial charge >= 0.3 is 0 Å². The second kappa shape index (κ2) is 9.59. The van der Waals surface area contributed by atoms with Crippen molar-refractivity contribution in [2.75, 3.05) is 44.4 Å². The number of amides is 1. The smallest absolute Gasteiger partial charge is 0.255 e. The number of methoxy groups -OCH3 is 1. The van der Waals surface area contributed by atoms with Crippen molar-refractivity contribution in [3.05, 3.63) is 59.2 Å². The van der Waals surface area contributed by atoms with Crippen LogP contribution in [0.25, 0.3) is 0 Å². The molecule has 2 aromatic carbocycles. The fourth-order valence-electron chi connectivity index (χ4n) is 3.53. The Labute approximate surface area is 178 Å². The van der Waals surface area contributed by atoms with Gasteiger partial charge in [-0.3, -0.25) is 9.69 Å². The summed E-state index contributed by atoms with van der Waals surface area (Å²) in [4.78, 5) is 15.0. The number of ether oxygens (including phenoxy) is 1. The quantitative estimate of drug-likeness (QED) is 0.729. The van der Waals surface area contributed by atoms with Gasteiger partial charge in [0.1, 0.15) is 5.75 Å². The maximum atomic E-state index is 12.8. The predicted octanol–water partition coefficient (Wildman–Crippen LogP) is 2.72. The van der Waals surface area contributed by atoms with E-state index in [1.807, 2.05) is 43.3 Å². The molecule has 0 aliphatic carbocycles. The first-order valence-electron chi connectivity index (χ1n) is 10.1. The highest BCUT2D eigenvalue weighted by Gasteiger charge is 2.25. The van der Waals surface area contributed by atoms with Crippen molar-refractivity contribution in [1.82, 2.24) is 9.21 Å². The van der Waals surface area contributed by atoms with Crippen LogP contribution in [0.4, 0.5) is 5.69 Å². The van der Waals surface area contributed by atoms with Crippen LogP contribution in [-0.2, 0) is 16.6 Å². The van der Waals surface area contributed by atoms with E-state index in [4.69, 9.17) is 4.74 Å². The van der Waals surface area contributed by atoms with Gasteiger partial charge in [0, 0.05) is 38.3 Å². The second-order valence-corrected chi connectivity index (χ2v) is 9.69. The van der Waals surface area contributed by atoms with E-state index in [-0.39, 0.29) is 11.7 Å². The minimum absolute atomic E-state index is 0.135. The van der Waals surface area contributed by atoms with E-state index < -0.39 is 10.0 Å². The minimum Gasteiger partial charge on any atom is -0.495 e. The first-order chi connectivity index (χ1) is 14.3. The Morgan fingerprint density at radius 2 is 1.83 bits per heavy atom. The van der Waals surface area contributed by atoms with Crippen LogP contribution in [0.2, 0.25) is 0 Å². The number of carbonyl (C=O) groups is 1. The summed E-state index contributed by atoms with van der Waals surface area (Å²) in [5.74, 6) is 0.556. The van der Waals surface area contributed by atoms with Gasteiger partial charge in [-0.25, -0.2) is 8.42 Å². The summed E-state index contributed by atoms with van der Waals surface area (Å²) in [6.07, 6.45) is 0. The van der Waals surface area contributed by atoms with Crippen molar-refractivity contribution in [3.63, 3.8) is 0 Å². The maximum absolute atomic E-state index is 12.8. The molecule has 7 nitrogen and oxygen atoms in total. The van der Waals surface area contributed by atoms with E-state index in [0.29, 0.717) is 49.7 Å². The van der Waals surface area contributed by atoms with E-state index in [2.05, 4.69) is 10.2 Å². The molecule has 0 unspecified atom stereocenters. The number of nitrogens with one attached hydrogen (secondary N) is 1. The Morgan fingerprint density at radius 3 is 2.50 bits per heavy atom. The lowest BCUT2D eigenvalue weighted by molar-refractivity contribution is 0.102. The van der Waals surface area contributed by atoms with E-state index in [9.17, 15) is 13.2 Å². The highest BCUT2D eigenvalue weighted by molar-refractivity contribution is 7.89. The van der Waals surface area contributed by atoms with Crippen LogP contribution in [0.3, 0.4) is 0 Å². The van der Waals surface area contributed by atoms with E-state index >= 15 is 0 Å². The fraction of sp³-hybridized carbons (Fsp3) is 0.409. The second-order valence-electron chi connectivity index (χ2n) is 7.43. The number of aryl methyl sites for hydroxylation is 1. The summed E-state index contributed by atoms with van der Waals surface area (Å²) in [5.41, 5.74) is 3.26. The SMILES string of the molecule is CCS(=O)(=O)N1CCN(Cc2cccc(C(=O)Nc3cc(C)ccc3OC)c2)CC1. The summed E-state index contributed by atoms with van der Waals surface area (Å²) in [5, 5.41) is 2.93. The first-order valence-corrected chi connectivity index (χ1v) is 11.7. The average molecular weight is 432 g/mol. The number of nitrogens with zero attached hydrogens (tertiary/aromatic N) is 2. The lowest BCUT2D eigenvalue weighted by Gasteiger charge is -2.33. The van der Waals surface area contributed by atoms with Gasteiger partial charge in [0.2, 0.25) is 10.0 Å². The average Bonchev–Trinajstić information content (AvgIpc) is 2.74. The van der Waals surface area contributed by atoms with E-state index in [1.54, 1.807) is 24.4 Å². The van der Waals surface area contributed by atoms with Crippen molar-refractivity contribution >= 4 is 21.6 Å². The third-order valence-electron chi connectivity index (χ3n) is 5.29. The van der Waals surface area contributed by atoms with Crippen LogP contribution >= 0.6 is 0 Å². The molecule has 0 spiro atoms. The van der Waals surface area contributed by atoms with Gasteiger partial charge in [-0.1, -0.05) is 18.2 Å². The Balaban J connectivity index is 1.64. The lowest BCUT2D eigenvalue weighted by Crippen LogP contribution is -2.48. The zero-order chi connectivity index (χ0) is 21.7. The van der Waals surface area contributed by atoms with Crippen LogP contribution in [0.15, 0.2) is 42.5 Å². The normalized spacial score (nSPS) is 15.7. The number of rotatable bonds is 7. The molecule has 162 valence electrons. The molecule has 1 aliphatic rings. The number of piperazine rings is 1. The van der Waals surface area contributed by atoms with Gasteiger partial charge in [-0.2, -0.15) is 4.31 Å². The van der Waals surface area contributed by atoms with Crippen LogP contribution in [0.1, 0.15) is 28.4 Å². The standard InChI is InChI=1S/C22H29N3O4S/c1-4-30(27,28)25-12-10-24(11-13-25)16-18-6-5-7-19(15-18)22(26)23-20-14-17(2)8-9-21(20)29-3/h5-9,14-15H,4,10-13,16H2,1-3H3,(H,23,26). The van der Waals surface area contributed by atoms with E-state index in [1.165, 1.54) is 0 Å². The van der Waals surface area contributed by atoms with Gasteiger partial charge in [0.05, 0.1) is 18.6 Å². The third-order valence-corrected chi connectivity index (χ3v) is 7.17. The van der Waals surface area contributed by atoms with Gasteiger partial charge in [-0.05, 0) is 49.2 Å². The molecular formula is C22H29N3O4S. The Bertz CT molecular complexity index is 999. The highest BCUT2D eigenvalue weighted by Crippen LogP contribution is 2.26. The zero-order valence-corrected chi connectivity index (χ0v) is 18.5. The number of hydrogen-bond acceptors (Lipinski definition) is 5. The summed E-state index contributed by atoms with van der Waals surface area (Å²) in [6, 6.07) is 13.2. The minimum atomic E-state index is -3.13. The number of hydrogen-bond donors (Lipinski definition) is 1. The molecular weight excluding hydrogens is 402 g/mol. The molecule has 1 saturated heterocycles. The Hall–Kier alpha value is -2.42. The molecule has 8 heteroatoms. The van der Waals surface area contributed by atoms with Gasteiger partial charge in [0.15, 0.2) is 0 Å². The predicted molar refractivity (Wildman–Crippen MR) is 118 cm³/mol. The van der Waals surface area contributed by atoms with Crippen molar-refractivity contribution in [3.8, 4) is 5.75 Å². The number of benzene rings is 2. The highest BCUT2D eigenvalue weighted by atomic mass is 32.2. The van der Waals surface area contributed by atoms with Crippen LogP contribution in [0, 0.1) is 6.92 Å². The fourth-order valence-corrected chi connectivity index (χ4v) is 4.62. The van der Waals surface area contributed by atoms with Crippen molar-refractivity contribution < 1.29 is 17.9 Å². The molecule has 0 bridgehead atoms. The van der Waals surface area contributed by atoms with E-state index in [0.717, 1.165) is 11.1 Å². The van der Waals surface area contributed by atoms with Gasteiger partial charge in [-0.15, -0.1) is 0 Å². The molecule has 1 heterocycles. The van der Waals surface area contributed by atoms with Crippen molar-refractivity contribution in [2.24, 2.45) is 0 Å². The zero-order valence-electron chi connectivity index (χ0n) is 17.7. The maximum Gasteiger partial charge on any atom is 0.255 e. The van der Waals surface area contributed by atoms with Crippen molar-refractivity contribution in [2.45, 2.75) is 20.4 Å². The topological polar surface area (TPSA) is 79.0 Å². The van der Waals surface area contributed by atoms with Crippen LogP contribution in [-0.4, -0.2) is 62.6 Å². The number of sulfonamides is 1. The van der Waals surface area contributed by atoms with Crippen LogP contribution in [0.5, 0.6) is 5.75 Å². The summed E-state index contributed by atoms with van der Waals surface area (Å²) in [7, 11) is -1.55. The molecule has 1 amide bonds. The van der Waals surface area contributed by atoms with Gasteiger partial charge < -0.3 is 10.1 Å². The molecule has 0 saturated carbocycles. The molecule has 30 heavy (non-hydrogen) atoms. The lowest BCUT2D eigenvalue weighted by atomic mass is 10.1. The molecule has 0 radical (unpaired) electrons. The van der Waals surface area contributed by atoms with Crippen molar-refractivity contribution in [1.29, 1.82) is 0 Å². The molecule has 0 atom stereocenters. The number of anilines is 1. The summed E-state index contributed by atoms with van der Waals surface area (Å²) >= 11 is 0. The first kappa shape index (κ1) is 22.3. The molecule has 1 N–H and O–H groups in total. The van der Waals surface area contributed by atoms with Gasteiger partial charge in [0.25, 0.3) is 5.91 Å². The Kier molecular flexibility index (Phi) is 7.12. The molecule has 2 aromatic rings. The monoisotopic (exact) mass is 431 g/mol. The molecule has 0 aromatic heterocycles.